The zero-order valence-corrected chi connectivity index (χ0v) is 14.9. The van der Waals surface area contributed by atoms with Crippen LogP contribution in [0, 0.1) is 17.0 Å². The molecule has 0 saturated carbocycles. The van der Waals surface area contributed by atoms with Gasteiger partial charge in [0.1, 0.15) is 11.9 Å². The minimum absolute atomic E-state index is 0.198. The number of nitrogens with zero attached hydrogens (tertiary/aromatic N) is 3. The second kappa shape index (κ2) is 7.03. The average Bonchev–Trinajstić information content (AvgIpc) is 2.68. The van der Waals surface area contributed by atoms with Crippen molar-refractivity contribution in [3.63, 3.8) is 0 Å². The monoisotopic (exact) mass is 357 g/mol. The number of aliphatic imine (C=N–C) groups is 1. The first-order valence-electron chi connectivity index (χ1n) is 8.84. The van der Waals surface area contributed by atoms with Gasteiger partial charge in [0.2, 0.25) is 6.54 Å². The fourth-order valence-corrected chi connectivity index (χ4v) is 3.53. The van der Waals surface area contributed by atoms with Gasteiger partial charge in [-0.2, -0.15) is 0 Å². The first-order chi connectivity index (χ1) is 13.1. The number of benzene rings is 3. The Morgan fingerprint density at radius 3 is 2.48 bits per heavy atom. The zero-order chi connectivity index (χ0) is 18.8. The van der Waals surface area contributed by atoms with E-state index in [9.17, 15) is 10.1 Å². The van der Waals surface area contributed by atoms with Gasteiger partial charge >= 0.3 is 0 Å². The lowest BCUT2D eigenvalue weighted by Crippen LogP contribution is -2.41. The van der Waals surface area contributed by atoms with Crippen LogP contribution < -0.4 is 4.90 Å². The maximum atomic E-state index is 11.5. The molecule has 1 heterocycles. The highest BCUT2D eigenvalue weighted by Crippen LogP contribution is 2.39. The number of hydrogen-bond acceptors (Lipinski definition) is 4. The minimum Gasteiger partial charge on any atom is -0.312 e. The summed E-state index contributed by atoms with van der Waals surface area (Å²) in [6.45, 7) is 1.83. The van der Waals surface area contributed by atoms with Crippen LogP contribution >= 0.6 is 0 Å². The number of fused-ring (bicyclic) bond motifs is 1. The third-order valence-electron chi connectivity index (χ3n) is 4.69. The summed E-state index contributed by atoms with van der Waals surface area (Å²) in [5.74, 6) is 0.732. The van der Waals surface area contributed by atoms with E-state index >= 15 is 0 Å². The fourth-order valence-electron chi connectivity index (χ4n) is 3.53. The molecule has 3 aromatic carbocycles. The molecule has 5 heteroatoms. The van der Waals surface area contributed by atoms with Crippen LogP contribution in [0.5, 0.6) is 0 Å². The van der Waals surface area contributed by atoms with Crippen molar-refractivity contribution in [1.29, 1.82) is 0 Å². The number of para-hydroxylation sites is 2. The Kier molecular flexibility index (Phi) is 4.42. The standard InChI is InChI=1S/C22H19N3O2/c1-16-8-7-9-17(14-16)22-23-20-13-6-5-12-19(20)21(15-24(26)27)25(22)18-10-3-2-4-11-18/h2-14,21H,15H2,1H3/t21-/m1/s1. The highest BCUT2D eigenvalue weighted by molar-refractivity contribution is 6.12. The van der Waals surface area contributed by atoms with E-state index in [1.54, 1.807) is 0 Å². The molecule has 5 nitrogen and oxygen atoms in total. The number of nitro groups is 1. The first kappa shape index (κ1) is 17.0. The first-order valence-corrected chi connectivity index (χ1v) is 8.84. The van der Waals surface area contributed by atoms with Gasteiger partial charge in [-0.25, -0.2) is 4.99 Å². The van der Waals surface area contributed by atoms with Gasteiger partial charge in [0.05, 0.1) is 5.69 Å². The number of aryl methyl sites for hydroxylation is 1. The summed E-state index contributed by atoms with van der Waals surface area (Å²) in [6, 6.07) is 25.1. The summed E-state index contributed by atoms with van der Waals surface area (Å²) in [7, 11) is 0. The Hall–Kier alpha value is -3.47. The Labute approximate surface area is 157 Å². The summed E-state index contributed by atoms with van der Waals surface area (Å²) >= 11 is 0. The van der Waals surface area contributed by atoms with Crippen molar-refractivity contribution in [2.45, 2.75) is 13.0 Å². The molecule has 27 heavy (non-hydrogen) atoms. The maximum Gasteiger partial charge on any atom is 0.228 e. The second-order valence-corrected chi connectivity index (χ2v) is 6.60. The van der Waals surface area contributed by atoms with Crippen molar-refractivity contribution in [3.05, 3.63) is 106 Å². The molecule has 0 unspecified atom stereocenters. The fraction of sp³-hybridized carbons (Fsp3) is 0.136. The van der Waals surface area contributed by atoms with E-state index in [-0.39, 0.29) is 11.5 Å². The van der Waals surface area contributed by atoms with E-state index in [1.165, 1.54) is 0 Å². The van der Waals surface area contributed by atoms with Crippen molar-refractivity contribution >= 4 is 17.2 Å². The Morgan fingerprint density at radius 1 is 1.00 bits per heavy atom. The molecule has 1 aliphatic rings. The Balaban J connectivity index is 1.95. The minimum atomic E-state index is -0.424. The van der Waals surface area contributed by atoms with Crippen LogP contribution in [-0.4, -0.2) is 17.3 Å². The Morgan fingerprint density at radius 2 is 1.74 bits per heavy atom. The molecule has 0 spiro atoms. The highest BCUT2D eigenvalue weighted by Gasteiger charge is 2.35. The number of hydrogen-bond donors (Lipinski definition) is 0. The summed E-state index contributed by atoms with van der Waals surface area (Å²) in [5.41, 5.74) is 4.61. The molecule has 0 aromatic heterocycles. The van der Waals surface area contributed by atoms with Gasteiger partial charge in [-0.15, -0.1) is 0 Å². The molecule has 0 bridgehead atoms. The quantitative estimate of drug-likeness (QED) is 0.492. The Bertz CT molecular complexity index is 1010. The summed E-state index contributed by atoms with van der Waals surface area (Å²) in [5, 5.41) is 11.5. The van der Waals surface area contributed by atoms with E-state index in [1.807, 2.05) is 84.6 Å². The SMILES string of the molecule is Cc1cccc(C2=Nc3ccccc3[C@@H](C[N+](=O)[O-])N2c2ccccc2)c1. The zero-order valence-electron chi connectivity index (χ0n) is 14.9. The molecule has 3 aromatic rings. The van der Waals surface area contributed by atoms with Crippen LogP contribution in [0.2, 0.25) is 0 Å². The van der Waals surface area contributed by atoms with Crippen molar-refractivity contribution < 1.29 is 4.92 Å². The molecule has 1 atom stereocenters. The maximum absolute atomic E-state index is 11.5. The van der Waals surface area contributed by atoms with E-state index in [0.717, 1.165) is 33.9 Å². The second-order valence-electron chi connectivity index (χ2n) is 6.60. The molecule has 0 fully saturated rings. The van der Waals surface area contributed by atoms with Gasteiger partial charge in [-0.05, 0) is 31.2 Å². The van der Waals surface area contributed by atoms with Crippen LogP contribution in [0.1, 0.15) is 22.7 Å². The van der Waals surface area contributed by atoms with Crippen molar-refractivity contribution in [2.24, 2.45) is 4.99 Å². The van der Waals surface area contributed by atoms with Crippen molar-refractivity contribution in [2.75, 3.05) is 11.4 Å². The van der Waals surface area contributed by atoms with Crippen LogP contribution in [0.15, 0.2) is 83.9 Å². The number of anilines is 1. The highest BCUT2D eigenvalue weighted by atomic mass is 16.6. The van der Waals surface area contributed by atoms with Gasteiger partial charge in [0.15, 0.2) is 0 Å². The lowest BCUT2D eigenvalue weighted by Gasteiger charge is -2.36. The van der Waals surface area contributed by atoms with Gasteiger partial charge in [-0.3, -0.25) is 10.1 Å². The smallest absolute Gasteiger partial charge is 0.228 e. The molecule has 4 rings (SSSR count). The van der Waals surface area contributed by atoms with Crippen LogP contribution in [0.3, 0.4) is 0 Å². The molecule has 0 radical (unpaired) electrons. The van der Waals surface area contributed by atoms with E-state index < -0.39 is 6.04 Å². The number of amidine groups is 1. The summed E-state index contributed by atoms with van der Waals surface area (Å²) < 4.78 is 0. The summed E-state index contributed by atoms with van der Waals surface area (Å²) in [4.78, 5) is 18.1. The topological polar surface area (TPSA) is 58.7 Å². The normalized spacial score (nSPS) is 15.8. The van der Waals surface area contributed by atoms with Crippen molar-refractivity contribution in [3.8, 4) is 0 Å². The van der Waals surface area contributed by atoms with Gasteiger partial charge in [0.25, 0.3) is 0 Å². The lowest BCUT2D eigenvalue weighted by atomic mass is 9.97. The van der Waals surface area contributed by atoms with Crippen LogP contribution in [-0.2, 0) is 0 Å². The average molecular weight is 357 g/mol. The third kappa shape index (κ3) is 3.31. The third-order valence-corrected chi connectivity index (χ3v) is 4.69. The molecule has 0 N–H and O–H groups in total. The van der Waals surface area contributed by atoms with E-state index in [0.29, 0.717) is 0 Å². The molecule has 0 amide bonds. The molecule has 134 valence electrons. The summed E-state index contributed by atoms with van der Waals surface area (Å²) in [6.07, 6.45) is 0. The molecule has 0 aliphatic carbocycles. The van der Waals surface area contributed by atoms with Gasteiger partial charge in [0, 0.05) is 21.7 Å². The van der Waals surface area contributed by atoms with Crippen LogP contribution in [0.25, 0.3) is 0 Å². The predicted molar refractivity (Wildman–Crippen MR) is 107 cm³/mol. The number of rotatable bonds is 4. The van der Waals surface area contributed by atoms with Gasteiger partial charge < -0.3 is 4.90 Å². The van der Waals surface area contributed by atoms with Crippen molar-refractivity contribution in [1.82, 2.24) is 0 Å². The van der Waals surface area contributed by atoms with Gasteiger partial charge in [-0.1, -0.05) is 60.2 Å². The molecule has 0 saturated heterocycles. The van der Waals surface area contributed by atoms with Crippen LogP contribution in [0.4, 0.5) is 11.4 Å². The molecule has 1 aliphatic heterocycles. The van der Waals surface area contributed by atoms with E-state index in [4.69, 9.17) is 4.99 Å². The molecular formula is C22H19N3O2. The molecular weight excluding hydrogens is 338 g/mol. The predicted octanol–water partition coefficient (Wildman–Crippen LogP) is 4.91. The van der Waals surface area contributed by atoms with E-state index in [2.05, 4.69) is 6.07 Å². The lowest BCUT2D eigenvalue weighted by molar-refractivity contribution is -0.483. The largest absolute Gasteiger partial charge is 0.312 e.